The fourth-order valence-electron chi connectivity index (χ4n) is 0.932. The second-order valence-electron chi connectivity index (χ2n) is 2.67. The lowest BCUT2D eigenvalue weighted by atomic mass is 10.2. The molecule has 0 aromatic rings. The Kier molecular flexibility index (Phi) is 3.03. The minimum absolute atomic E-state index is 0.973. The average Bonchev–Trinajstić information content (AvgIpc) is 1.75. The highest BCUT2D eigenvalue weighted by molar-refractivity contribution is 7.80. The van der Waals surface area contributed by atoms with Crippen molar-refractivity contribution in [3.8, 4) is 0 Å². The largest absolute Gasteiger partial charge is 0.300 e. The van der Waals surface area contributed by atoms with Crippen LogP contribution in [0, 0.1) is 0 Å². The van der Waals surface area contributed by atoms with Crippen LogP contribution in [0.25, 0.3) is 0 Å². The highest BCUT2D eigenvalue weighted by Crippen LogP contribution is 2.04. The Bertz CT molecular complexity index is 147. The van der Waals surface area contributed by atoms with Crippen molar-refractivity contribution in [3.63, 3.8) is 0 Å². The van der Waals surface area contributed by atoms with Gasteiger partial charge in [0.05, 0.1) is 0 Å². The smallest absolute Gasteiger partial charge is 0.0166 e. The van der Waals surface area contributed by atoms with Crippen molar-refractivity contribution in [2.24, 2.45) is 0 Å². The zero-order valence-electron chi connectivity index (χ0n) is 6.34. The van der Waals surface area contributed by atoms with E-state index in [1.54, 1.807) is 0 Å². The summed E-state index contributed by atoms with van der Waals surface area (Å²) in [5.74, 6) is 0. The van der Waals surface area contributed by atoms with Crippen LogP contribution in [-0.2, 0) is 0 Å². The Morgan fingerprint density at radius 1 is 1.60 bits per heavy atom. The van der Waals surface area contributed by atoms with E-state index in [4.69, 9.17) is 12.2 Å². The van der Waals surface area contributed by atoms with Crippen molar-refractivity contribution in [1.82, 2.24) is 4.90 Å². The van der Waals surface area contributed by atoms with E-state index >= 15 is 0 Å². The van der Waals surface area contributed by atoms with Gasteiger partial charge in [0.25, 0.3) is 0 Å². The van der Waals surface area contributed by atoms with Crippen LogP contribution in [0.4, 0.5) is 0 Å². The highest BCUT2D eigenvalue weighted by Gasteiger charge is 2.10. The minimum atomic E-state index is 0.973. The molecule has 0 aliphatic carbocycles. The molecule has 1 fully saturated rings. The summed E-state index contributed by atoms with van der Waals surface area (Å²) in [6, 6.07) is 0. The molecular weight excluding hydrogens is 142 g/mol. The molecule has 1 aliphatic heterocycles. The number of thiocarbonyl (C=S) groups is 1. The van der Waals surface area contributed by atoms with Crippen molar-refractivity contribution < 1.29 is 0 Å². The molecule has 0 unspecified atom stereocenters. The van der Waals surface area contributed by atoms with Crippen molar-refractivity contribution in [3.05, 3.63) is 12.2 Å². The molecule has 0 amide bonds. The van der Waals surface area contributed by atoms with E-state index in [0.717, 1.165) is 11.4 Å². The van der Waals surface area contributed by atoms with Crippen LogP contribution >= 0.6 is 12.2 Å². The Morgan fingerprint density at radius 3 is 2.70 bits per heavy atom. The van der Waals surface area contributed by atoms with Crippen LogP contribution in [0.15, 0.2) is 12.2 Å². The summed E-state index contributed by atoms with van der Waals surface area (Å²) in [4.78, 5) is 3.37. The van der Waals surface area contributed by atoms with Crippen LogP contribution in [0.2, 0.25) is 0 Å². The van der Waals surface area contributed by atoms with Gasteiger partial charge in [-0.1, -0.05) is 24.4 Å². The van der Waals surface area contributed by atoms with Gasteiger partial charge in [0, 0.05) is 11.4 Å². The van der Waals surface area contributed by atoms with E-state index in [1.807, 2.05) is 13.0 Å². The van der Waals surface area contributed by atoms with Gasteiger partial charge < -0.3 is 0 Å². The molecule has 2 heteroatoms. The topological polar surface area (TPSA) is 3.24 Å². The fourth-order valence-corrected chi connectivity index (χ4v) is 1.03. The monoisotopic (exact) mass is 155 g/mol. The minimum Gasteiger partial charge on any atom is -0.300 e. The summed E-state index contributed by atoms with van der Waals surface area (Å²) in [5.41, 5.74) is 0. The number of hydrogen-bond acceptors (Lipinski definition) is 2. The SMILES string of the molecule is CC(=S)/C=C/CN1CCC1. The van der Waals surface area contributed by atoms with Crippen LogP contribution in [-0.4, -0.2) is 29.4 Å². The van der Waals surface area contributed by atoms with E-state index in [2.05, 4.69) is 11.0 Å². The molecule has 1 rings (SSSR count). The van der Waals surface area contributed by atoms with Crippen molar-refractivity contribution in [2.45, 2.75) is 13.3 Å². The third-order valence-electron chi connectivity index (χ3n) is 1.66. The highest BCUT2D eigenvalue weighted by atomic mass is 32.1. The first-order valence-electron chi connectivity index (χ1n) is 3.68. The van der Waals surface area contributed by atoms with Crippen molar-refractivity contribution >= 4 is 17.1 Å². The van der Waals surface area contributed by atoms with Crippen LogP contribution in [0.1, 0.15) is 13.3 Å². The lowest BCUT2D eigenvalue weighted by Gasteiger charge is -2.29. The summed E-state index contributed by atoms with van der Waals surface area (Å²) in [5, 5.41) is 0. The third kappa shape index (κ3) is 2.58. The van der Waals surface area contributed by atoms with Gasteiger partial charge in [-0.25, -0.2) is 0 Å². The summed E-state index contributed by atoms with van der Waals surface area (Å²) in [7, 11) is 0. The second-order valence-corrected chi connectivity index (χ2v) is 3.31. The van der Waals surface area contributed by atoms with Gasteiger partial charge >= 0.3 is 0 Å². The van der Waals surface area contributed by atoms with Gasteiger partial charge in [0.2, 0.25) is 0 Å². The third-order valence-corrected chi connectivity index (χ3v) is 1.80. The average molecular weight is 155 g/mol. The second kappa shape index (κ2) is 3.84. The Labute approximate surface area is 67.7 Å². The Hall–Kier alpha value is -0.210. The lowest BCUT2D eigenvalue weighted by Crippen LogP contribution is -2.36. The predicted molar refractivity (Wildman–Crippen MR) is 48.5 cm³/mol. The summed E-state index contributed by atoms with van der Waals surface area (Å²) >= 11 is 4.90. The van der Waals surface area contributed by atoms with Gasteiger partial charge in [-0.15, -0.1) is 0 Å². The number of likely N-dealkylation sites (tertiary alicyclic amines) is 1. The molecule has 0 N–H and O–H groups in total. The van der Waals surface area contributed by atoms with Gasteiger partial charge in [-0.3, -0.25) is 4.90 Å². The first-order chi connectivity index (χ1) is 4.79. The summed E-state index contributed by atoms with van der Waals surface area (Å²) in [6.07, 6.45) is 5.51. The standard InChI is InChI=1S/C8H13NS/c1-8(10)4-2-5-9-6-3-7-9/h2,4H,3,5-7H2,1H3/b4-2+. The molecule has 0 aromatic heterocycles. The van der Waals surface area contributed by atoms with E-state index in [0.29, 0.717) is 0 Å². The van der Waals surface area contributed by atoms with Crippen LogP contribution in [0.3, 0.4) is 0 Å². The molecule has 0 spiro atoms. The van der Waals surface area contributed by atoms with E-state index in [9.17, 15) is 0 Å². The molecule has 10 heavy (non-hydrogen) atoms. The predicted octanol–water partition coefficient (Wildman–Crippen LogP) is 1.64. The quantitative estimate of drug-likeness (QED) is 0.450. The number of hydrogen-bond donors (Lipinski definition) is 0. The molecule has 0 aromatic carbocycles. The lowest BCUT2D eigenvalue weighted by molar-refractivity contribution is 0.203. The Morgan fingerprint density at radius 2 is 2.30 bits per heavy atom. The van der Waals surface area contributed by atoms with E-state index in [1.165, 1.54) is 19.5 Å². The summed E-state index contributed by atoms with van der Waals surface area (Å²) in [6.45, 7) is 5.55. The van der Waals surface area contributed by atoms with Gasteiger partial charge in [-0.05, 0) is 26.4 Å². The molecule has 0 bridgehead atoms. The van der Waals surface area contributed by atoms with E-state index < -0.39 is 0 Å². The molecule has 0 saturated carbocycles. The van der Waals surface area contributed by atoms with E-state index in [-0.39, 0.29) is 0 Å². The van der Waals surface area contributed by atoms with Crippen LogP contribution in [0.5, 0.6) is 0 Å². The zero-order chi connectivity index (χ0) is 7.40. The summed E-state index contributed by atoms with van der Waals surface area (Å²) < 4.78 is 0. The van der Waals surface area contributed by atoms with Crippen molar-refractivity contribution in [2.75, 3.05) is 19.6 Å². The normalized spacial score (nSPS) is 19.3. The maximum absolute atomic E-state index is 4.90. The Balaban J connectivity index is 2.08. The van der Waals surface area contributed by atoms with Gasteiger partial charge in [-0.2, -0.15) is 0 Å². The first kappa shape index (κ1) is 7.89. The first-order valence-corrected chi connectivity index (χ1v) is 4.09. The van der Waals surface area contributed by atoms with Crippen molar-refractivity contribution in [1.29, 1.82) is 0 Å². The molecule has 0 atom stereocenters. The molecular formula is C8H13NS. The molecule has 0 radical (unpaired) electrons. The zero-order valence-corrected chi connectivity index (χ0v) is 7.16. The maximum atomic E-state index is 4.90. The molecule has 1 heterocycles. The fraction of sp³-hybridized carbons (Fsp3) is 0.625. The molecule has 1 saturated heterocycles. The maximum Gasteiger partial charge on any atom is 0.0166 e. The van der Waals surface area contributed by atoms with Gasteiger partial charge in [0.15, 0.2) is 0 Å². The molecule has 1 aliphatic rings. The number of allylic oxidation sites excluding steroid dienone is 1. The van der Waals surface area contributed by atoms with Crippen LogP contribution < -0.4 is 0 Å². The number of nitrogens with zero attached hydrogens (tertiary/aromatic N) is 1. The van der Waals surface area contributed by atoms with Gasteiger partial charge in [0.1, 0.15) is 0 Å². The molecule has 1 nitrogen and oxygen atoms in total. The number of rotatable bonds is 3. The molecule has 56 valence electrons.